The number of aryl methyl sites for hydroxylation is 1. The lowest BCUT2D eigenvalue weighted by Crippen LogP contribution is -2.27. The molecule has 1 N–H and O–H groups in total. The molecule has 2 rings (SSSR count). The Kier molecular flexibility index (Phi) is 2.20. The third-order valence-corrected chi connectivity index (χ3v) is 3.02. The highest BCUT2D eigenvalue weighted by Crippen LogP contribution is 2.34. The van der Waals surface area contributed by atoms with Crippen LogP contribution in [-0.4, -0.2) is 12.6 Å². The molecule has 13 heavy (non-hydrogen) atoms. The Labute approximate surface area is 86.4 Å². The number of anilines is 1. The fourth-order valence-electron chi connectivity index (χ4n) is 1.41. The van der Waals surface area contributed by atoms with Crippen LogP contribution >= 0.6 is 15.9 Å². The number of rotatable bonds is 0. The summed E-state index contributed by atoms with van der Waals surface area (Å²) in [6.07, 6.45) is 0.252. The summed E-state index contributed by atoms with van der Waals surface area (Å²) in [7, 11) is 0. The lowest BCUT2D eigenvalue weighted by molar-refractivity contribution is 0.226. The van der Waals surface area contributed by atoms with E-state index in [1.807, 2.05) is 6.07 Å². The molecule has 1 unspecified atom stereocenters. The molecule has 1 aliphatic heterocycles. The van der Waals surface area contributed by atoms with Gasteiger partial charge in [0.2, 0.25) is 0 Å². The van der Waals surface area contributed by atoms with Crippen molar-refractivity contribution in [3.05, 3.63) is 22.2 Å². The van der Waals surface area contributed by atoms with Gasteiger partial charge in [0.15, 0.2) is 0 Å². The van der Waals surface area contributed by atoms with Gasteiger partial charge in [0.25, 0.3) is 0 Å². The Bertz CT molecular complexity index is 338. The van der Waals surface area contributed by atoms with E-state index in [1.165, 1.54) is 5.56 Å². The first-order valence-corrected chi connectivity index (χ1v) is 5.17. The molecule has 0 aromatic heterocycles. The minimum absolute atomic E-state index is 0.252. The largest absolute Gasteiger partial charge is 0.487 e. The van der Waals surface area contributed by atoms with Gasteiger partial charge >= 0.3 is 0 Å². The quantitative estimate of drug-likeness (QED) is 0.755. The smallest absolute Gasteiger partial charge is 0.144 e. The zero-order valence-corrected chi connectivity index (χ0v) is 9.31. The molecular weight excluding hydrogens is 230 g/mol. The molecule has 0 saturated heterocycles. The number of ether oxygens (including phenoxy) is 1. The summed E-state index contributed by atoms with van der Waals surface area (Å²) in [6.45, 7) is 5.02. The highest BCUT2D eigenvalue weighted by Gasteiger charge is 2.15. The van der Waals surface area contributed by atoms with E-state index < -0.39 is 0 Å². The average molecular weight is 242 g/mol. The number of fused-ring (bicyclic) bond motifs is 1. The maximum atomic E-state index is 5.68. The van der Waals surface area contributed by atoms with Crippen LogP contribution in [0.25, 0.3) is 0 Å². The van der Waals surface area contributed by atoms with E-state index in [4.69, 9.17) is 4.74 Å². The zero-order valence-electron chi connectivity index (χ0n) is 7.73. The topological polar surface area (TPSA) is 21.3 Å². The molecule has 1 atom stereocenters. The van der Waals surface area contributed by atoms with Crippen molar-refractivity contribution < 1.29 is 4.74 Å². The number of nitrogens with one attached hydrogen (secondary N) is 1. The lowest BCUT2D eigenvalue weighted by atomic mass is 10.2. The molecule has 1 aromatic carbocycles. The van der Waals surface area contributed by atoms with Crippen molar-refractivity contribution in [1.29, 1.82) is 0 Å². The Balaban J connectivity index is 2.43. The fraction of sp³-hybridized carbons (Fsp3) is 0.400. The summed E-state index contributed by atoms with van der Waals surface area (Å²) in [5.41, 5.74) is 2.32. The predicted octanol–water partition coefficient (Wildman–Crippen LogP) is 2.95. The number of halogens is 1. The van der Waals surface area contributed by atoms with E-state index in [0.29, 0.717) is 0 Å². The molecule has 0 aliphatic carbocycles. The van der Waals surface area contributed by atoms with Crippen LogP contribution in [0.3, 0.4) is 0 Å². The zero-order chi connectivity index (χ0) is 9.42. The van der Waals surface area contributed by atoms with E-state index in [2.05, 4.69) is 41.2 Å². The van der Waals surface area contributed by atoms with Crippen LogP contribution in [0.5, 0.6) is 5.75 Å². The Morgan fingerprint density at radius 3 is 3.08 bits per heavy atom. The molecule has 0 spiro atoms. The summed E-state index contributed by atoms with van der Waals surface area (Å²) in [4.78, 5) is 0. The average Bonchev–Trinajstić information content (AvgIpc) is 2.08. The van der Waals surface area contributed by atoms with Crippen molar-refractivity contribution in [2.45, 2.75) is 20.0 Å². The maximum Gasteiger partial charge on any atom is 0.144 e. The molecule has 3 heteroatoms. The van der Waals surface area contributed by atoms with Crippen molar-refractivity contribution in [2.24, 2.45) is 0 Å². The molecule has 70 valence electrons. The van der Waals surface area contributed by atoms with E-state index in [9.17, 15) is 0 Å². The van der Waals surface area contributed by atoms with Gasteiger partial charge in [-0.1, -0.05) is 15.9 Å². The van der Waals surface area contributed by atoms with Crippen molar-refractivity contribution in [3.8, 4) is 5.75 Å². The van der Waals surface area contributed by atoms with E-state index in [0.717, 1.165) is 22.5 Å². The molecule has 1 aliphatic rings. The molecule has 0 saturated carbocycles. The second-order valence-corrected chi connectivity index (χ2v) is 4.26. The fourth-order valence-corrected chi connectivity index (χ4v) is 1.73. The SMILES string of the molecule is Cc1cc2c(cc1Br)OC(C)CN2. The lowest BCUT2D eigenvalue weighted by Gasteiger charge is -2.25. The Hall–Kier alpha value is -0.700. The van der Waals surface area contributed by atoms with Crippen LogP contribution in [-0.2, 0) is 0 Å². The van der Waals surface area contributed by atoms with Gasteiger partial charge < -0.3 is 10.1 Å². The van der Waals surface area contributed by atoms with Crippen LogP contribution in [0.15, 0.2) is 16.6 Å². The second kappa shape index (κ2) is 3.22. The van der Waals surface area contributed by atoms with Crippen molar-refractivity contribution in [1.82, 2.24) is 0 Å². The first-order chi connectivity index (χ1) is 6.16. The highest BCUT2D eigenvalue weighted by atomic mass is 79.9. The minimum Gasteiger partial charge on any atom is -0.487 e. The number of hydrogen-bond donors (Lipinski definition) is 1. The van der Waals surface area contributed by atoms with Gasteiger partial charge in [0.05, 0.1) is 12.2 Å². The predicted molar refractivity (Wildman–Crippen MR) is 57.5 cm³/mol. The summed E-state index contributed by atoms with van der Waals surface area (Å²) in [5, 5.41) is 3.33. The van der Waals surface area contributed by atoms with Gasteiger partial charge in [-0.15, -0.1) is 0 Å². The normalized spacial score (nSPS) is 20.1. The molecule has 0 bridgehead atoms. The Morgan fingerprint density at radius 1 is 1.54 bits per heavy atom. The van der Waals surface area contributed by atoms with Gasteiger partial charge in [-0.3, -0.25) is 0 Å². The van der Waals surface area contributed by atoms with Crippen LogP contribution in [0.1, 0.15) is 12.5 Å². The van der Waals surface area contributed by atoms with E-state index in [-0.39, 0.29) is 6.10 Å². The number of benzene rings is 1. The monoisotopic (exact) mass is 241 g/mol. The first kappa shape index (κ1) is 8.88. The molecule has 0 fully saturated rings. The van der Waals surface area contributed by atoms with E-state index in [1.54, 1.807) is 0 Å². The van der Waals surface area contributed by atoms with Crippen LogP contribution in [0.2, 0.25) is 0 Å². The van der Waals surface area contributed by atoms with Crippen molar-refractivity contribution in [3.63, 3.8) is 0 Å². The molecule has 2 nitrogen and oxygen atoms in total. The molecule has 0 radical (unpaired) electrons. The van der Waals surface area contributed by atoms with Crippen molar-refractivity contribution >= 4 is 21.6 Å². The van der Waals surface area contributed by atoms with Gasteiger partial charge in [-0.25, -0.2) is 0 Å². The molecule has 1 aromatic rings. The van der Waals surface area contributed by atoms with Gasteiger partial charge in [-0.2, -0.15) is 0 Å². The second-order valence-electron chi connectivity index (χ2n) is 3.41. The van der Waals surface area contributed by atoms with Gasteiger partial charge in [0.1, 0.15) is 11.9 Å². The number of hydrogen-bond acceptors (Lipinski definition) is 2. The minimum atomic E-state index is 0.252. The maximum absolute atomic E-state index is 5.68. The standard InChI is InChI=1S/C10H12BrNO/c1-6-3-9-10(4-8(6)11)13-7(2)5-12-9/h3-4,7,12H,5H2,1-2H3. The van der Waals surface area contributed by atoms with Crippen LogP contribution < -0.4 is 10.1 Å². The van der Waals surface area contributed by atoms with Gasteiger partial charge in [-0.05, 0) is 31.5 Å². The summed E-state index contributed by atoms with van der Waals surface area (Å²) >= 11 is 3.49. The third-order valence-electron chi connectivity index (χ3n) is 2.17. The molecule has 0 amide bonds. The molecule has 1 heterocycles. The third kappa shape index (κ3) is 1.66. The highest BCUT2D eigenvalue weighted by molar-refractivity contribution is 9.10. The summed E-state index contributed by atoms with van der Waals surface area (Å²) < 4.78 is 6.77. The van der Waals surface area contributed by atoms with Crippen LogP contribution in [0, 0.1) is 6.92 Å². The van der Waals surface area contributed by atoms with E-state index >= 15 is 0 Å². The Morgan fingerprint density at radius 2 is 2.31 bits per heavy atom. The van der Waals surface area contributed by atoms with Gasteiger partial charge in [0, 0.05) is 4.47 Å². The summed E-state index contributed by atoms with van der Waals surface area (Å²) in [6, 6.07) is 4.12. The summed E-state index contributed by atoms with van der Waals surface area (Å²) in [5.74, 6) is 0.941. The molecular formula is C10H12BrNO. The first-order valence-electron chi connectivity index (χ1n) is 4.37. The van der Waals surface area contributed by atoms with Crippen LogP contribution in [0.4, 0.5) is 5.69 Å². The van der Waals surface area contributed by atoms with Crippen molar-refractivity contribution in [2.75, 3.05) is 11.9 Å².